The lowest BCUT2D eigenvalue weighted by molar-refractivity contribution is 0.897. The van der Waals surface area contributed by atoms with Gasteiger partial charge in [0.2, 0.25) is 0 Å². The minimum Gasteiger partial charge on any atom is -0.276 e. The van der Waals surface area contributed by atoms with Crippen LogP contribution in [-0.2, 0) is 0 Å². The van der Waals surface area contributed by atoms with Crippen LogP contribution >= 0.6 is 0 Å². The predicted octanol–water partition coefficient (Wildman–Crippen LogP) is -0.270. The Balaban J connectivity index is 2.44. The average molecular weight is 217 g/mol. The van der Waals surface area contributed by atoms with Gasteiger partial charge in [-0.3, -0.25) is 5.10 Å². The van der Waals surface area contributed by atoms with Gasteiger partial charge < -0.3 is 0 Å². The first-order chi connectivity index (χ1) is 7.77. The van der Waals surface area contributed by atoms with Gasteiger partial charge in [0.25, 0.3) is 0 Å². The van der Waals surface area contributed by atoms with Gasteiger partial charge in [0, 0.05) is 5.39 Å². The summed E-state index contributed by atoms with van der Waals surface area (Å²) in [5, 5.41) is 11.8. The molecule has 3 rings (SSSR count). The van der Waals surface area contributed by atoms with Gasteiger partial charge >= 0.3 is 11.4 Å². The molecule has 0 aliphatic rings. The highest BCUT2D eigenvalue weighted by Gasteiger charge is 2.12. The normalized spacial score (nSPS) is 11.0. The van der Waals surface area contributed by atoms with E-state index < -0.39 is 11.4 Å². The summed E-state index contributed by atoms with van der Waals surface area (Å²) in [6, 6.07) is 7.26. The Bertz CT molecular complexity index is 732. The Morgan fingerprint density at radius 3 is 2.50 bits per heavy atom. The van der Waals surface area contributed by atoms with Crippen LogP contribution in [0.25, 0.3) is 16.7 Å². The number of hydrogen-bond donors (Lipinski definition) is 3. The first kappa shape index (κ1) is 8.72. The number of nitrogens with one attached hydrogen (secondary N) is 3. The number of rotatable bonds is 1. The summed E-state index contributed by atoms with van der Waals surface area (Å²) < 4.78 is 0.943. The Hall–Kier alpha value is -2.57. The van der Waals surface area contributed by atoms with Crippen molar-refractivity contribution in [3.8, 4) is 5.82 Å². The Kier molecular flexibility index (Phi) is 1.61. The zero-order valence-corrected chi connectivity index (χ0v) is 8.02. The van der Waals surface area contributed by atoms with E-state index in [0.29, 0.717) is 5.82 Å². The van der Waals surface area contributed by atoms with E-state index in [1.165, 1.54) is 0 Å². The maximum Gasteiger partial charge on any atom is 0.350 e. The van der Waals surface area contributed by atoms with Crippen LogP contribution in [0.4, 0.5) is 0 Å². The summed E-state index contributed by atoms with van der Waals surface area (Å²) in [4.78, 5) is 22.8. The van der Waals surface area contributed by atoms with Crippen molar-refractivity contribution >= 4 is 10.9 Å². The van der Waals surface area contributed by atoms with Gasteiger partial charge in [-0.15, -0.1) is 0 Å². The Morgan fingerprint density at radius 2 is 1.75 bits per heavy atom. The topological polar surface area (TPSA) is 99.3 Å². The molecule has 0 amide bonds. The molecule has 0 spiro atoms. The molecule has 0 aliphatic heterocycles. The average Bonchev–Trinajstić information content (AvgIpc) is 2.83. The molecule has 3 aromatic rings. The van der Waals surface area contributed by atoms with Crippen molar-refractivity contribution in [3.63, 3.8) is 0 Å². The standard InChI is InChI=1S/C9H7N5O2/c15-8-12-13-9(16)14(8)7-5-3-1-2-4-6(5)10-11-7/h1-4H,(H,10,11)(H,12,15)(H,13,16). The monoisotopic (exact) mass is 217 g/mol. The van der Waals surface area contributed by atoms with Crippen LogP contribution in [0.15, 0.2) is 33.9 Å². The van der Waals surface area contributed by atoms with Crippen molar-refractivity contribution in [2.24, 2.45) is 0 Å². The number of benzene rings is 1. The van der Waals surface area contributed by atoms with Crippen LogP contribution in [0.1, 0.15) is 0 Å². The molecule has 0 fully saturated rings. The molecule has 1 aromatic carbocycles. The summed E-state index contributed by atoms with van der Waals surface area (Å²) in [6.45, 7) is 0. The van der Waals surface area contributed by atoms with Gasteiger partial charge in [0.15, 0.2) is 5.82 Å². The van der Waals surface area contributed by atoms with Crippen LogP contribution < -0.4 is 11.4 Å². The summed E-state index contributed by atoms with van der Waals surface area (Å²) in [7, 11) is 0. The fourth-order valence-electron chi connectivity index (χ4n) is 1.62. The minimum atomic E-state index is -0.540. The maximum absolute atomic E-state index is 11.4. The van der Waals surface area contributed by atoms with Crippen molar-refractivity contribution in [3.05, 3.63) is 45.2 Å². The number of hydrogen-bond acceptors (Lipinski definition) is 3. The van der Waals surface area contributed by atoms with E-state index in [9.17, 15) is 9.59 Å². The van der Waals surface area contributed by atoms with Crippen molar-refractivity contribution < 1.29 is 0 Å². The van der Waals surface area contributed by atoms with E-state index in [1.54, 1.807) is 6.07 Å². The van der Waals surface area contributed by atoms with E-state index in [-0.39, 0.29) is 0 Å². The third-order valence-corrected chi connectivity index (χ3v) is 2.34. The molecule has 7 heteroatoms. The van der Waals surface area contributed by atoms with Crippen LogP contribution in [0.3, 0.4) is 0 Å². The lowest BCUT2D eigenvalue weighted by atomic mass is 10.2. The largest absolute Gasteiger partial charge is 0.350 e. The van der Waals surface area contributed by atoms with E-state index in [4.69, 9.17) is 0 Å². The molecule has 0 saturated carbocycles. The highest BCUT2D eigenvalue weighted by Crippen LogP contribution is 2.15. The Morgan fingerprint density at radius 1 is 1.06 bits per heavy atom. The second-order valence-electron chi connectivity index (χ2n) is 3.29. The molecule has 7 nitrogen and oxygen atoms in total. The van der Waals surface area contributed by atoms with E-state index in [0.717, 1.165) is 15.5 Å². The van der Waals surface area contributed by atoms with Gasteiger partial charge in [0.05, 0.1) is 5.52 Å². The Labute approximate surface area is 87.7 Å². The molecule has 2 heterocycles. The molecule has 0 aliphatic carbocycles. The lowest BCUT2D eigenvalue weighted by Crippen LogP contribution is -2.25. The SMILES string of the molecule is O=c1[nH][nH]c(=O)n1-c1n[nH]c2ccccc12. The molecule has 80 valence electrons. The van der Waals surface area contributed by atoms with Crippen LogP contribution in [0, 0.1) is 0 Å². The second kappa shape index (κ2) is 2.96. The molecule has 3 N–H and O–H groups in total. The summed E-state index contributed by atoms with van der Waals surface area (Å²) >= 11 is 0. The number of aromatic nitrogens is 5. The number of para-hydroxylation sites is 1. The molecule has 0 unspecified atom stereocenters. The summed E-state index contributed by atoms with van der Waals surface area (Å²) in [6.07, 6.45) is 0. The number of nitrogens with zero attached hydrogens (tertiary/aromatic N) is 2. The van der Waals surface area contributed by atoms with Gasteiger partial charge in [-0.25, -0.2) is 19.8 Å². The minimum absolute atomic E-state index is 0.295. The lowest BCUT2D eigenvalue weighted by Gasteiger charge is -1.92. The van der Waals surface area contributed by atoms with Crippen LogP contribution in [-0.4, -0.2) is 25.0 Å². The zero-order chi connectivity index (χ0) is 11.1. The second-order valence-corrected chi connectivity index (χ2v) is 3.29. The molecular weight excluding hydrogens is 210 g/mol. The fraction of sp³-hybridized carbons (Fsp3) is 0. The van der Waals surface area contributed by atoms with Gasteiger partial charge in [-0.2, -0.15) is 9.67 Å². The smallest absolute Gasteiger partial charge is 0.276 e. The van der Waals surface area contributed by atoms with Crippen molar-refractivity contribution in [1.29, 1.82) is 0 Å². The van der Waals surface area contributed by atoms with Crippen molar-refractivity contribution in [2.45, 2.75) is 0 Å². The zero-order valence-electron chi connectivity index (χ0n) is 8.02. The molecule has 0 atom stereocenters. The third kappa shape index (κ3) is 1.05. The number of H-pyrrole nitrogens is 3. The van der Waals surface area contributed by atoms with E-state index in [2.05, 4.69) is 20.4 Å². The quantitative estimate of drug-likeness (QED) is 0.523. The third-order valence-electron chi connectivity index (χ3n) is 2.34. The van der Waals surface area contributed by atoms with Gasteiger partial charge in [-0.1, -0.05) is 12.1 Å². The van der Waals surface area contributed by atoms with E-state index in [1.807, 2.05) is 18.2 Å². The first-order valence-electron chi connectivity index (χ1n) is 4.60. The van der Waals surface area contributed by atoms with Crippen molar-refractivity contribution in [2.75, 3.05) is 0 Å². The van der Waals surface area contributed by atoms with Gasteiger partial charge in [-0.05, 0) is 12.1 Å². The maximum atomic E-state index is 11.4. The molecular formula is C9H7N5O2. The highest BCUT2D eigenvalue weighted by atomic mass is 16.2. The number of fused-ring (bicyclic) bond motifs is 1. The molecule has 0 saturated heterocycles. The van der Waals surface area contributed by atoms with Crippen LogP contribution in [0.5, 0.6) is 0 Å². The van der Waals surface area contributed by atoms with Crippen molar-refractivity contribution in [1.82, 2.24) is 25.0 Å². The summed E-state index contributed by atoms with van der Waals surface area (Å²) in [5.74, 6) is 0.295. The molecule has 2 aromatic heterocycles. The van der Waals surface area contributed by atoms with E-state index >= 15 is 0 Å². The fourth-order valence-corrected chi connectivity index (χ4v) is 1.62. The predicted molar refractivity (Wildman–Crippen MR) is 56.7 cm³/mol. The summed E-state index contributed by atoms with van der Waals surface area (Å²) in [5.41, 5.74) is -0.311. The first-order valence-corrected chi connectivity index (χ1v) is 4.60. The van der Waals surface area contributed by atoms with Gasteiger partial charge in [0.1, 0.15) is 0 Å². The highest BCUT2D eigenvalue weighted by molar-refractivity contribution is 5.85. The molecule has 0 bridgehead atoms. The number of aromatic amines is 3. The van der Waals surface area contributed by atoms with Crippen LogP contribution in [0.2, 0.25) is 0 Å². The molecule has 16 heavy (non-hydrogen) atoms. The molecule has 0 radical (unpaired) electrons.